The van der Waals surface area contributed by atoms with Crippen molar-refractivity contribution in [3.63, 3.8) is 0 Å². The molecule has 1 amide bonds. The SMILES string of the molecule is O=C(O)Cn1cc(CC(=O)N2CC(Oc3ccc4c(c3C(=O)O)OB(O)CC4)C2)nn1. The molecule has 1 fully saturated rings. The second-order valence-corrected chi connectivity index (χ2v) is 7.36. The van der Waals surface area contributed by atoms with E-state index < -0.39 is 25.2 Å². The number of likely N-dealkylation sites (tertiary alicyclic amines) is 1. The standard InChI is InChI=1S/C18H19BN4O8/c24-14(5-11-6-23(21-20-11)9-15(25)26)22-7-12(8-22)30-13-2-1-10-3-4-19(29)31-17(10)16(13)18(27)28/h1-2,6,12,29H,3-5,7-9H2,(H,25,26)(H,27,28). The lowest BCUT2D eigenvalue weighted by Gasteiger charge is -2.39. The number of rotatable bonds is 7. The van der Waals surface area contributed by atoms with Crippen LogP contribution in [-0.2, 0) is 29.0 Å². The number of carbonyl (C=O) groups is 3. The number of carboxylic acid groups (broad SMARTS) is 2. The minimum atomic E-state index is -1.22. The number of aromatic carboxylic acids is 1. The number of hydrogen-bond acceptors (Lipinski definition) is 8. The van der Waals surface area contributed by atoms with Crippen LogP contribution in [0.5, 0.6) is 11.5 Å². The fourth-order valence-corrected chi connectivity index (χ4v) is 3.51. The summed E-state index contributed by atoms with van der Waals surface area (Å²) in [6, 6.07) is 3.28. The zero-order valence-electron chi connectivity index (χ0n) is 16.3. The Labute approximate surface area is 176 Å². The van der Waals surface area contributed by atoms with Crippen LogP contribution >= 0.6 is 0 Å². The lowest BCUT2D eigenvalue weighted by molar-refractivity contribution is -0.139. The van der Waals surface area contributed by atoms with Crippen molar-refractivity contribution in [3.8, 4) is 11.5 Å². The molecule has 0 aliphatic carbocycles. The lowest BCUT2D eigenvalue weighted by atomic mass is 9.78. The molecule has 0 atom stereocenters. The number of carboxylic acids is 2. The summed E-state index contributed by atoms with van der Waals surface area (Å²) >= 11 is 0. The van der Waals surface area contributed by atoms with Crippen LogP contribution in [0.25, 0.3) is 0 Å². The summed E-state index contributed by atoms with van der Waals surface area (Å²) in [6.45, 7) is 0.192. The molecule has 1 saturated heterocycles. The molecule has 1 aromatic heterocycles. The maximum Gasteiger partial charge on any atom is 0.522 e. The Hall–Kier alpha value is -3.61. The maximum absolute atomic E-state index is 12.4. The van der Waals surface area contributed by atoms with Crippen molar-refractivity contribution >= 4 is 25.0 Å². The molecule has 13 heteroatoms. The van der Waals surface area contributed by atoms with Crippen LogP contribution in [0.3, 0.4) is 0 Å². The molecule has 0 bridgehead atoms. The summed E-state index contributed by atoms with van der Waals surface area (Å²) in [5.41, 5.74) is 0.904. The van der Waals surface area contributed by atoms with Gasteiger partial charge in [0.15, 0.2) is 0 Å². The zero-order valence-corrected chi connectivity index (χ0v) is 16.3. The summed E-state index contributed by atoms with van der Waals surface area (Å²) < 4.78 is 12.3. The van der Waals surface area contributed by atoms with E-state index in [2.05, 4.69) is 10.3 Å². The second-order valence-electron chi connectivity index (χ2n) is 7.36. The Kier molecular flexibility index (Phi) is 5.50. The number of nitrogens with zero attached hydrogens (tertiary/aromatic N) is 4. The number of carbonyl (C=O) groups excluding carboxylic acids is 1. The molecule has 4 rings (SSSR count). The Morgan fingerprint density at radius 3 is 2.74 bits per heavy atom. The van der Waals surface area contributed by atoms with Gasteiger partial charge in [-0.05, 0) is 24.4 Å². The predicted molar refractivity (Wildman–Crippen MR) is 103 cm³/mol. The van der Waals surface area contributed by atoms with Gasteiger partial charge in [-0.3, -0.25) is 9.59 Å². The average Bonchev–Trinajstić information content (AvgIpc) is 3.09. The first-order valence-corrected chi connectivity index (χ1v) is 9.59. The number of hydrogen-bond donors (Lipinski definition) is 3. The number of benzene rings is 1. The Morgan fingerprint density at radius 1 is 1.26 bits per heavy atom. The highest BCUT2D eigenvalue weighted by atomic mass is 16.5. The van der Waals surface area contributed by atoms with Gasteiger partial charge in [-0.2, -0.15) is 0 Å². The number of aliphatic carboxylic acids is 1. The molecule has 3 heterocycles. The molecule has 12 nitrogen and oxygen atoms in total. The van der Waals surface area contributed by atoms with E-state index in [1.54, 1.807) is 12.1 Å². The normalized spacial score (nSPS) is 15.6. The van der Waals surface area contributed by atoms with Crippen LogP contribution in [0.1, 0.15) is 21.6 Å². The van der Waals surface area contributed by atoms with Crippen molar-refractivity contribution in [1.82, 2.24) is 19.9 Å². The van der Waals surface area contributed by atoms with Crippen LogP contribution in [0.15, 0.2) is 18.3 Å². The van der Waals surface area contributed by atoms with Crippen LogP contribution in [0, 0.1) is 0 Å². The third-order valence-electron chi connectivity index (χ3n) is 5.04. The van der Waals surface area contributed by atoms with E-state index in [1.165, 1.54) is 11.1 Å². The van der Waals surface area contributed by atoms with Crippen molar-refractivity contribution in [1.29, 1.82) is 0 Å². The van der Waals surface area contributed by atoms with Crippen molar-refractivity contribution in [2.75, 3.05) is 13.1 Å². The van der Waals surface area contributed by atoms with E-state index >= 15 is 0 Å². The van der Waals surface area contributed by atoms with Crippen molar-refractivity contribution < 1.29 is 39.0 Å². The number of fused-ring (bicyclic) bond motifs is 1. The van der Waals surface area contributed by atoms with Crippen LogP contribution in [0.4, 0.5) is 0 Å². The summed E-state index contributed by atoms with van der Waals surface area (Å²) in [6.07, 6.45) is 1.87. The molecule has 0 saturated carbocycles. The van der Waals surface area contributed by atoms with Crippen LogP contribution in [0.2, 0.25) is 6.32 Å². The first kappa shape index (κ1) is 20.7. The highest BCUT2D eigenvalue weighted by molar-refractivity contribution is 6.44. The quantitative estimate of drug-likeness (QED) is 0.479. The average molecular weight is 430 g/mol. The van der Waals surface area contributed by atoms with Crippen LogP contribution < -0.4 is 9.39 Å². The number of ether oxygens (including phenoxy) is 1. The van der Waals surface area contributed by atoms with Gasteiger partial charge >= 0.3 is 19.1 Å². The molecular formula is C18H19BN4O8. The monoisotopic (exact) mass is 430 g/mol. The van der Waals surface area contributed by atoms with Gasteiger partial charge in [0.25, 0.3) is 0 Å². The topological polar surface area (TPSA) is 164 Å². The molecule has 2 aliphatic heterocycles. The fraction of sp³-hybridized carbons (Fsp3) is 0.389. The molecule has 31 heavy (non-hydrogen) atoms. The van der Waals surface area contributed by atoms with E-state index in [9.17, 15) is 24.5 Å². The van der Waals surface area contributed by atoms with Crippen LogP contribution in [-0.4, -0.2) is 79.3 Å². The molecule has 2 aromatic rings. The number of aromatic nitrogens is 3. The molecule has 2 aliphatic rings. The van der Waals surface area contributed by atoms with E-state index in [0.717, 1.165) is 4.68 Å². The summed E-state index contributed by atoms with van der Waals surface area (Å²) in [7, 11) is -1.06. The van der Waals surface area contributed by atoms with Gasteiger partial charge in [0.1, 0.15) is 29.7 Å². The third kappa shape index (κ3) is 4.45. The Bertz CT molecular complexity index is 1040. The summed E-state index contributed by atoms with van der Waals surface area (Å²) in [5, 5.41) is 35.5. The van der Waals surface area contributed by atoms with Gasteiger partial charge in [0, 0.05) is 6.20 Å². The molecule has 162 valence electrons. The van der Waals surface area contributed by atoms with Crippen molar-refractivity contribution in [3.05, 3.63) is 35.2 Å². The van der Waals surface area contributed by atoms with E-state index in [4.69, 9.17) is 14.5 Å². The number of amides is 1. The predicted octanol–water partition coefficient (Wildman–Crippen LogP) is -0.691. The number of aryl methyl sites for hydroxylation is 1. The molecule has 0 radical (unpaired) electrons. The molecule has 1 aromatic carbocycles. The largest absolute Gasteiger partial charge is 0.535 e. The maximum atomic E-state index is 12.4. The Balaban J connectivity index is 1.36. The van der Waals surface area contributed by atoms with Gasteiger partial charge < -0.3 is 29.5 Å². The highest BCUT2D eigenvalue weighted by Crippen LogP contribution is 2.37. The third-order valence-corrected chi connectivity index (χ3v) is 5.04. The van der Waals surface area contributed by atoms with Gasteiger partial charge in [-0.25, -0.2) is 9.48 Å². The molecule has 0 unspecified atom stereocenters. The minimum Gasteiger partial charge on any atom is -0.535 e. The van der Waals surface area contributed by atoms with E-state index in [1.807, 2.05) is 0 Å². The summed E-state index contributed by atoms with van der Waals surface area (Å²) in [5.74, 6) is -2.28. The second kappa shape index (κ2) is 8.26. The van der Waals surface area contributed by atoms with E-state index in [-0.39, 0.29) is 49.0 Å². The van der Waals surface area contributed by atoms with Gasteiger partial charge in [0.2, 0.25) is 5.91 Å². The van der Waals surface area contributed by atoms with Crippen molar-refractivity contribution in [2.45, 2.75) is 31.8 Å². The van der Waals surface area contributed by atoms with Gasteiger partial charge in [0.05, 0.1) is 25.2 Å². The minimum absolute atomic E-state index is 0.0305. The fourth-order valence-electron chi connectivity index (χ4n) is 3.51. The molecule has 0 spiro atoms. The smallest absolute Gasteiger partial charge is 0.522 e. The lowest BCUT2D eigenvalue weighted by Crippen LogP contribution is -2.56. The highest BCUT2D eigenvalue weighted by Gasteiger charge is 2.35. The van der Waals surface area contributed by atoms with Gasteiger partial charge in [-0.15, -0.1) is 5.10 Å². The van der Waals surface area contributed by atoms with Gasteiger partial charge in [-0.1, -0.05) is 11.3 Å². The molecular weight excluding hydrogens is 411 g/mol. The first-order valence-electron chi connectivity index (χ1n) is 9.59. The van der Waals surface area contributed by atoms with Crippen molar-refractivity contribution in [2.24, 2.45) is 0 Å². The first-order chi connectivity index (χ1) is 14.8. The van der Waals surface area contributed by atoms with E-state index in [0.29, 0.717) is 24.0 Å². The Morgan fingerprint density at radius 2 is 2.03 bits per heavy atom. The molecule has 3 N–H and O–H groups in total. The summed E-state index contributed by atoms with van der Waals surface area (Å²) in [4.78, 5) is 36.3. The zero-order chi connectivity index (χ0) is 22.1.